The Morgan fingerprint density at radius 1 is 1.62 bits per heavy atom. The van der Waals surface area contributed by atoms with Gasteiger partial charge in [0.15, 0.2) is 0 Å². The van der Waals surface area contributed by atoms with Crippen LogP contribution in [-0.2, 0) is 4.79 Å². The number of hydrogen-bond donors (Lipinski definition) is 1. The average Bonchev–Trinajstić information content (AvgIpc) is 2.01. The Kier molecular flexibility index (Phi) is 2.85. The summed E-state index contributed by atoms with van der Waals surface area (Å²) < 4.78 is 25.6. The highest BCUT2D eigenvalue weighted by Gasteiger charge is 2.37. The van der Waals surface area contributed by atoms with Gasteiger partial charge in [-0.2, -0.15) is 0 Å². The zero-order chi connectivity index (χ0) is 10.1. The van der Waals surface area contributed by atoms with Crippen LogP contribution in [0.2, 0.25) is 0 Å². The molecule has 0 saturated carbocycles. The lowest BCUT2D eigenvalue weighted by atomic mass is 10.1. The fraction of sp³-hybridized carbons (Fsp3) is 0.875. The number of aliphatic hydroxyl groups excluding tert-OH is 1. The van der Waals surface area contributed by atoms with E-state index in [-0.39, 0.29) is 6.42 Å². The highest BCUT2D eigenvalue weighted by atomic mass is 19.3. The van der Waals surface area contributed by atoms with Gasteiger partial charge in [0.1, 0.15) is 6.10 Å². The Labute approximate surface area is 75.3 Å². The number of halogens is 2. The minimum Gasteiger partial charge on any atom is -0.384 e. The normalized spacial score (nSPS) is 24.2. The third-order valence-electron chi connectivity index (χ3n) is 2.06. The van der Waals surface area contributed by atoms with Gasteiger partial charge in [-0.1, -0.05) is 0 Å². The van der Waals surface area contributed by atoms with Gasteiger partial charge in [0.2, 0.25) is 0 Å². The van der Waals surface area contributed by atoms with Crippen LogP contribution in [0.4, 0.5) is 8.78 Å². The second-order valence-electron chi connectivity index (χ2n) is 3.40. The van der Waals surface area contributed by atoms with E-state index in [1.165, 1.54) is 6.92 Å². The number of amides is 1. The Morgan fingerprint density at radius 2 is 2.23 bits per heavy atom. The molecule has 0 spiro atoms. The van der Waals surface area contributed by atoms with Crippen LogP contribution in [0, 0.1) is 0 Å². The second-order valence-corrected chi connectivity index (χ2v) is 3.40. The van der Waals surface area contributed by atoms with E-state index in [2.05, 4.69) is 0 Å². The van der Waals surface area contributed by atoms with E-state index in [1.807, 2.05) is 0 Å². The fourth-order valence-corrected chi connectivity index (χ4v) is 1.42. The van der Waals surface area contributed by atoms with Gasteiger partial charge in [-0.15, -0.1) is 0 Å². The molecular weight excluding hydrogens is 180 g/mol. The van der Waals surface area contributed by atoms with Gasteiger partial charge in [0.05, 0.1) is 6.54 Å². The maximum atomic E-state index is 12.8. The molecule has 5 heteroatoms. The Hall–Kier alpha value is -0.710. The molecule has 1 saturated heterocycles. The van der Waals surface area contributed by atoms with E-state index in [0.717, 1.165) is 4.90 Å². The third-order valence-corrected chi connectivity index (χ3v) is 2.06. The van der Waals surface area contributed by atoms with Gasteiger partial charge in [-0.3, -0.25) is 4.79 Å². The molecule has 0 radical (unpaired) electrons. The van der Waals surface area contributed by atoms with E-state index in [4.69, 9.17) is 5.11 Å². The van der Waals surface area contributed by atoms with Crippen LogP contribution in [-0.4, -0.2) is 41.0 Å². The molecule has 0 aromatic rings. The molecule has 1 rings (SSSR count). The number of carbonyl (C=O) groups is 1. The summed E-state index contributed by atoms with van der Waals surface area (Å²) in [5.41, 5.74) is 0. The molecule has 0 aromatic carbocycles. The number of alkyl halides is 2. The molecule has 0 unspecified atom stereocenters. The smallest absolute Gasteiger partial charge is 0.265 e. The fourth-order valence-electron chi connectivity index (χ4n) is 1.42. The van der Waals surface area contributed by atoms with Crippen LogP contribution < -0.4 is 0 Å². The summed E-state index contributed by atoms with van der Waals surface area (Å²) in [7, 11) is 0. The quantitative estimate of drug-likeness (QED) is 0.663. The van der Waals surface area contributed by atoms with Crippen LogP contribution >= 0.6 is 0 Å². The topological polar surface area (TPSA) is 40.5 Å². The van der Waals surface area contributed by atoms with Gasteiger partial charge in [0, 0.05) is 13.0 Å². The van der Waals surface area contributed by atoms with Crippen LogP contribution in [0.1, 0.15) is 19.8 Å². The highest BCUT2D eigenvalue weighted by molar-refractivity contribution is 5.80. The van der Waals surface area contributed by atoms with Crippen molar-refractivity contribution in [3.05, 3.63) is 0 Å². The molecule has 1 aliphatic heterocycles. The predicted molar refractivity (Wildman–Crippen MR) is 42.4 cm³/mol. The lowest BCUT2D eigenvalue weighted by molar-refractivity contribution is -0.149. The summed E-state index contributed by atoms with van der Waals surface area (Å²) in [4.78, 5) is 12.2. The number of aliphatic hydroxyl groups is 1. The molecular formula is C8H13F2NO2. The van der Waals surface area contributed by atoms with Gasteiger partial charge in [0.25, 0.3) is 11.8 Å². The van der Waals surface area contributed by atoms with Crippen molar-refractivity contribution in [1.82, 2.24) is 4.90 Å². The van der Waals surface area contributed by atoms with Crippen molar-refractivity contribution in [2.75, 3.05) is 13.1 Å². The monoisotopic (exact) mass is 193 g/mol. The predicted octanol–water partition coefficient (Wildman–Crippen LogP) is 0.625. The van der Waals surface area contributed by atoms with Crippen molar-refractivity contribution in [2.45, 2.75) is 31.8 Å². The van der Waals surface area contributed by atoms with E-state index in [9.17, 15) is 13.6 Å². The molecule has 0 aliphatic carbocycles. The van der Waals surface area contributed by atoms with Crippen molar-refractivity contribution in [3.8, 4) is 0 Å². The number of hydrogen-bond acceptors (Lipinski definition) is 2. The molecule has 1 heterocycles. The second kappa shape index (κ2) is 3.57. The Bertz CT molecular complexity index is 206. The molecule has 1 fully saturated rings. The van der Waals surface area contributed by atoms with Crippen LogP contribution in [0.5, 0.6) is 0 Å². The average molecular weight is 193 g/mol. The minimum absolute atomic E-state index is 0.170. The lowest BCUT2D eigenvalue weighted by Crippen LogP contribution is -2.48. The number of likely N-dealkylation sites (tertiary alicyclic amines) is 1. The van der Waals surface area contributed by atoms with E-state index in [1.54, 1.807) is 0 Å². The number of nitrogens with zero attached hydrogens (tertiary/aromatic N) is 1. The first-order chi connectivity index (χ1) is 5.92. The first-order valence-corrected chi connectivity index (χ1v) is 4.27. The molecule has 1 N–H and O–H groups in total. The van der Waals surface area contributed by atoms with Crippen molar-refractivity contribution in [2.24, 2.45) is 0 Å². The van der Waals surface area contributed by atoms with Crippen molar-refractivity contribution >= 4 is 5.91 Å². The van der Waals surface area contributed by atoms with E-state index < -0.39 is 24.5 Å². The van der Waals surface area contributed by atoms with Crippen molar-refractivity contribution in [1.29, 1.82) is 0 Å². The summed E-state index contributed by atoms with van der Waals surface area (Å²) in [6.45, 7) is 1.05. The Morgan fingerprint density at radius 3 is 2.69 bits per heavy atom. The molecule has 1 aliphatic rings. The summed E-state index contributed by atoms with van der Waals surface area (Å²) in [6, 6.07) is 0. The number of piperidine rings is 1. The van der Waals surface area contributed by atoms with Crippen molar-refractivity contribution in [3.63, 3.8) is 0 Å². The van der Waals surface area contributed by atoms with E-state index in [0.29, 0.717) is 13.0 Å². The summed E-state index contributed by atoms with van der Waals surface area (Å²) in [5, 5.41) is 8.91. The third kappa shape index (κ3) is 2.62. The highest BCUT2D eigenvalue weighted by Crippen LogP contribution is 2.26. The summed E-state index contributed by atoms with van der Waals surface area (Å²) in [5.74, 6) is -3.40. The standard InChI is InChI=1S/C8H13F2NO2/c1-6(12)7(13)11-4-2-3-8(9,10)5-11/h6,12H,2-5H2,1H3/t6-/m0/s1. The first kappa shape index (κ1) is 10.4. The van der Waals surface area contributed by atoms with Crippen LogP contribution in [0.25, 0.3) is 0 Å². The molecule has 1 atom stereocenters. The van der Waals surface area contributed by atoms with Gasteiger partial charge < -0.3 is 10.0 Å². The lowest BCUT2D eigenvalue weighted by Gasteiger charge is -2.33. The molecule has 13 heavy (non-hydrogen) atoms. The van der Waals surface area contributed by atoms with Gasteiger partial charge >= 0.3 is 0 Å². The largest absolute Gasteiger partial charge is 0.384 e. The SMILES string of the molecule is C[C@H](O)C(=O)N1CCCC(F)(F)C1. The number of carbonyl (C=O) groups excluding carboxylic acids is 1. The van der Waals surface area contributed by atoms with Crippen LogP contribution in [0.15, 0.2) is 0 Å². The summed E-state index contributed by atoms with van der Waals surface area (Å²) >= 11 is 0. The van der Waals surface area contributed by atoms with E-state index >= 15 is 0 Å². The zero-order valence-corrected chi connectivity index (χ0v) is 7.46. The maximum Gasteiger partial charge on any atom is 0.265 e. The first-order valence-electron chi connectivity index (χ1n) is 4.27. The summed E-state index contributed by atoms with van der Waals surface area (Å²) in [6.07, 6.45) is -1.06. The minimum atomic E-state index is -2.79. The van der Waals surface area contributed by atoms with Crippen LogP contribution in [0.3, 0.4) is 0 Å². The van der Waals surface area contributed by atoms with Gasteiger partial charge in [-0.25, -0.2) is 8.78 Å². The molecule has 3 nitrogen and oxygen atoms in total. The van der Waals surface area contributed by atoms with Crippen molar-refractivity contribution < 1.29 is 18.7 Å². The molecule has 0 bridgehead atoms. The molecule has 76 valence electrons. The zero-order valence-electron chi connectivity index (χ0n) is 7.46. The molecule has 0 aromatic heterocycles. The number of rotatable bonds is 1. The molecule has 1 amide bonds. The van der Waals surface area contributed by atoms with Gasteiger partial charge in [-0.05, 0) is 13.3 Å². The Balaban J connectivity index is 2.57. The maximum absolute atomic E-state index is 12.8.